The molecule has 1 heterocycles. The van der Waals surface area contributed by atoms with Crippen molar-refractivity contribution in [2.75, 3.05) is 39.5 Å². The predicted octanol–water partition coefficient (Wildman–Crippen LogP) is 1.09. The maximum atomic E-state index is 11.8. The number of esters is 3. The number of ether oxygens (including phenoxy) is 3. The van der Waals surface area contributed by atoms with Gasteiger partial charge in [-0.2, -0.15) is 0 Å². The number of carbonyl (C=O) groups is 3. The Balaban J connectivity index is 2.58. The zero-order valence-corrected chi connectivity index (χ0v) is 14.1. The van der Waals surface area contributed by atoms with Crippen LogP contribution in [0.2, 0.25) is 0 Å². The third-order valence-electron chi connectivity index (χ3n) is 3.84. The summed E-state index contributed by atoms with van der Waals surface area (Å²) in [7, 11) is 0. The summed E-state index contributed by atoms with van der Waals surface area (Å²) in [4.78, 5) is 36.6. The van der Waals surface area contributed by atoms with Gasteiger partial charge in [0.05, 0.1) is 11.8 Å². The normalized spacial score (nSPS) is 13.7. The summed E-state index contributed by atoms with van der Waals surface area (Å²) in [5, 5.41) is 0. The fraction of sp³-hybridized carbons (Fsp3) is 0.588. The Morgan fingerprint density at radius 3 is 1.92 bits per heavy atom. The van der Waals surface area contributed by atoms with Crippen LogP contribution in [0.15, 0.2) is 25.3 Å². The van der Waals surface area contributed by atoms with E-state index in [2.05, 4.69) is 18.1 Å². The Kier molecular flexibility index (Phi) is 8.18. The predicted molar refractivity (Wildman–Crippen MR) is 87.1 cm³/mol. The molecule has 1 saturated heterocycles. The van der Waals surface area contributed by atoms with Crippen LogP contribution in [-0.4, -0.2) is 62.3 Å². The van der Waals surface area contributed by atoms with Crippen LogP contribution in [0.25, 0.3) is 0 Å². The second kappa shape index (κ2) is 9.87. The van der Waals surface area contributed by atoms with Crippen molar-refractivity contribution in [2.45, 2.75) is 19.8 Å². The van der Waals surface area contributed by atoms with Crippen molar-refractivity contribution in [3.8, 4) is 0 Å². The average Bonchev–Trinajstić information content (AvgIpc) is 3.43. The Morgan fingerprint density at radius 2 is 1.50 bits per heavy atom. The van der Waals surface area contributed by atoms with Crippen molar-refractivity contribution in [2.24, 2.45) is 5.41 Å². The first-order valence-electron chi connectivity index (χ1n) is 7.91. The Labute approximate surface area is 142 Å². The van der Waals surface area contributed by atoms with Crippen LogP contribution >= 0.6 is 0 Å². The van der Waals surface area contributed by atoms with Gasteiger partial charge in [0, 0.05) is 31.8 Å². The molecule has 0 aliphatic carbocycles. The van der Waals surface area contributed by atoms with Gasteiger partial charge in [0.1, 0.15) is 19.8 Å². The lowest BCUT2D eigenvalue weighted by Gasteiger charge is -2.30. The van der Waals surface area contributed by atoms with E-state index in [0.29, 0.717) is 19.4 Å². The summed E-state index contributed by atoms with van der Waals surface area (Å²) in [5.74, 6) is -1.50. The van der Waals surface area contributed by atoms with Gasteiger partial charge in [0.2, 0.25) is 0 Å². The molecular formula is C17H25NO6. The minimum atomic E-state index is -0.799. The largest absolute Gasteiger partial charge is 0.465 e. The zero-order chi connectivity index (χ0) is 18.0. The number of rotatable bonds is 12. The fourth-order valence-electron chi connectivity index (χ4n) is 1.85. The molecule has 1 aliphatic rings. The molecule has 0 aromatic heterocycles. The lowest BCUT2D eigenvalue weighted by molar-refractivity contribution is -0.158. The molecule has 0 N–H and O–H groups in total. The molecular weight excluding hydrogens is 314 g/mol. The van der Waals surface area contributed by atoms with Crippen molar-refractivity contribution < 1.29 is 28.6 Å². The quantitative estimate of drug-likeness (QED) is 0.228. The van der Waals surface area contributed by atoms with Crippen molar-refractivity contribution >= 4 is 17.9 Å². The van der Waals surface area contributed by atoms with Gasteiger partial charge in [-0.3, -0.25) is 4.79 Å². The SMILES string of the molecule is C=CC(=O)OCC(CC)(COC(=O)C=C)COC(=O)CCN1CC1. The molecule has 0 unspecified atom stereocenters. The van der Waals surface area contributed by atoms with Gasteiger partial charge >= 0.3 is 17.9 Å². The molecule has 0 atom stereocenters. The standard InChI is InChI=1S/C17H25NO6/c1-4-14(19)22-11-17(6-3,12-23-15(20)5-2)13-24-16(21)7-8-18-9-10-18/h4-5H,1-2,6-13H2,3H3. The van der Waals surface area contributed by atoms with Crippen LogP contribution in [0, 0.1) is 5.41 Å². The minimum absolute atomic E-state index is 0.00280. The Morgan fingerprint density at radius 1 is 1.00 bits per heavy atom. The van der Waals surface area contributed by atoms with E-state index in [9.17, 15) is 14.4 Å². The van der Waals surface area contributed by atoms with E-state index in [1.54, 1.807) is 0 Å². The monoisotopic (exact) mass is 339 g/mol. The van der Waals surface area contributed by atoms with Crippen LogP contribution in [0.4, 0.5) is 0 Å². The van der Waals surface area contributed by atoms with Gasteiger partial charge in [-0.25, -0.2) is 9.59 Å². The number of hydrogen-bond acceptors (Lipinski definition) is 7. The summed E-state index contributed by atoms with van der Waals surface area (Å²) < 4.78 is 15.5. The fourth-order valence-corrected chi connectivity index (χ4v) is 1.85. The van der Waals surface area contributed by atoms with Crippen LogP contribution in [0.3, 0.4) is 0 Å². The molecule has 24 heavy (non-hydrogen) atoms. The first-order chi connectivity index (χ1) is 11.4. The van der Waals surface area contributed by atoms with Crippen LogP contribution < -0.4 is 0 Å². The highest BCUT2D eigenvalue weighted by atomic mass is 16.6. The third-order valence-corrected chi connectivity index (χ3v) is 3.84. The van der Waals surface area contributed by atoms with E-state index < -0.39 is 17.4 Å². The van der Waals surface area contributed by atoms with Gasteiger partial charge in [0.25, 0.3) is 0 Å². The zero-order valence-electron chi connectivity index (χ0n) is 14.1. The van der Waals surface area contributed by atoms with E-state index in [4.69, 9.17) is 14.2 Å². The van der Waals surface area contributed by atoms with Gasteiger partial charge in [0.15, 0.2) is 0 Å². The van der Waals surface area contributed by atoms with E-state index >= 15 is 0 Å². The lowest BCUT2D eigenvalue weighted by atomic mass is 9.88. The molecule has 0 radical (unpaired) electrons. The van der Waals surface area contributed by atoms with Crippen LogP contribution in [0.1, 0.15) is 19.8 Å². The molecule has 7 heteroatoms. The van der Waals surface area contributed by atoms with Gasteiger partial charge in [-0.05, 0) is 6.42 Å². The second-order valence-corrected chi connectivity index (χ2v) is 5.73. The summed E-state index contributed by atoms with van der Waals surface area (Å²) in [5.41, 5.74) is -0.799. The number of carbonyl (C=O) groups excluding carboxylic acids is 3. The van der Waals surface area contributed by atoms with Crippen molar-refractivity contribution in [1.29, 1.82) is 0 Å². The molecule has 0 amide bonds. The molecule has 134 valence electrons. The molecule has 7 nitrogen and oxygen atoms in total. The highest BCUT2D eigenvalue weighted by Crippen LogP contribution is 2.24. The molecule has 0 spiro atoms. The Hall–Kier alpha value is -2.15. The van der Waals surface area contributed by atoms with E-state index in [1.165, 1.54) is 0 Å². The second-order valence-electron chi connectivity index (χ2n) is 5.73. The van der Waals surface area contributed by atoms with Crippen molar-refractivity contribution in [3.63, 3.8) is 0 Å². The maximum absolute atomic E-state index is 11.8. The smallest absolute Gasteiger partial charge is 0.330 e. The molecule has 0 bridgehead atoms. The maximum Gasteiger partial charge on any atom is 0.330 e. The van der Waals surface area contributed by atoms with Gasteiger partial charge in [-0.1, -0.05) is 20.1 Å². The third kappa shape index (κ3) is 7.41. The van der Waals surface area contributed by atoms with Gasteiger partial charge < -0.3 is 19.1 Å². The van der Waals surface area contributed by atoms with Crippen molar-refractivity contribution in [1.82, 2.24) is 4.90 Å². The first-order valence-corrected chi connectivity index (χ1v) is 7.91. The van der Waals surface area contributed by atoms with E-state index in [1.807, 2.05) is 6.92 Å². The summed E-state index contributed by atoms with van der Waals surface area (Å²) in [6.07, 6.45) is 2.89. The van der Waals surface area contributed by atoms with E-state index in [-0.39, 0.29) is 25.8 Å². The van der Waals surface area contributed by atoms with E-state index in [0.717, 1.165) is 25.2 Å². The highest BCUT2D eigenvalue weighted by Gasteiger charge is 2.34. The molecule has 1 fully saturated rings. The summed E-state index contributed by atoms with van der Waals surface area (Å²) >= 11 is 0. The first kappa shape index (κ1) is 19.9. The van der Waals surface area contributed by atoms with Crippen LogP contribution in [-0.2, 0) is 28.6 Å². The minimum Gasteiger partial charge on any atom is -0.465 e. The average molecular weight is 339 g/mol. The highest BCUT2D eigenvalue weighted by molar-refractivity contribution is 5.81. The topological polar surface area (TPSA) is 81.9 Å². The summed E-state index contributed by atoms with van der Waals surface area (Å²) in [6, 6.07) is 0. The lowest BCUT2D eigenvalue weighted by Crippen LogP contribution is -2.39. The Bertz CT molecular complexity index is 459. The van der Waals surface area contributed by atoms with Crippen LogP contribution in [0.5, 0.6) is 0 Å². The molecule has 0 aromatic carbocycles. The molecule has 0 saturated carbocycles. The molecule has 1 aliphatic heterocycles. The van der Waals surface area contributed by atoms with Crippen molar-refractivity contribution in [3.05, 3.63) is 25.3 Å². The number of nitrogens with zero attached hydrogens (tertiary/aromatic N) is 1. The van der Waals surface area contributed by atoms with Gasteiger partial charge in [-0.15, -0.1) is 0 Å². The molecule has 1 rings (SSSR count). The molecule has 0 aromatic rings. The summed E-state index contributed by atoms with van der Waals surface area (Å²) in [6.45, 7) is 11.1. The number of hydrogen-bond donors (Lipinski definition) is 0.